The molecular weight excluding hydrogens is 581 g/mol. The Balaban J connectivity index is 1.13. The van der Waals surface area contributed by atoms with Gasteiger partial charge in [-0.15, -0.1) is 0 Å². The molecule has 0 aliphatic carbocycles. The van der Waals surface area contributed by atoms with Gasteiger partial charge in [-0.25, -0.2) is 22.0 Å². The minimum absolute atomic E-state index is 0.00461. The molecule has 0 aliphatic heterocycles. The fraction of sp³-hybridized carbons (Fsp3) is 0.206. The first-order valence-electron chi connectivity index (χ1n) is 13.8. The average molecular weight is 608 g/mol. The van der Waals surface area contributed by atoms with Crippen LogP contribution in [0.1, 0.15) is 50.5 Å². The number of rotatable bonds is 12. The van der Waals surface area contributed by atoms with Crippen LogP contribution in [-0.2, 0) is 9.59 Å². The SMILES string of the molecule is N#Cc1ccc(-c2ccc(OC(=O)CCCCCCCC(=O)Oc3ccc(-c4ccc(F)c(F)c4)c(F)c3)cc2F)cc1F. The fourth-order valence-electron chi connectivity index (χ4n) is 4.46. The summed E-state index contributed by atoms with van der Waals surface area (Å²) < 4.78 is 79.9. The highest BCUT2D eigenvalue weighted by molar-refractivity contribution is 5.74. The van der Waals surface area contributed by atoms with Gasteiger partial charge in [0.1, 0.15) is 35.0 Å². The second-order valence-electron chi connectivity index (χ2n) is 9.93. The number of ether oxygens (including phenoxy) is 2. The van der Waals surface area contributed by atoms with E-state index in [0.717, 1.165) is 36.8 Å². The summed E-state index contributed by atoms with van der Waals surface area (Å²) in [6.07, 6.45) is 3.38. The third kappa shape index (κ3) is 8.51. The van der Waals surface area contributed by atoms with E-state index in [4.69, 9.17) is 14.7 Å². The number of benzene rings is 4. The van der Waals surface area contributed by atoms with Crippen LogP contribution in [0.3, 0.4) is 0 Å². The quantitative estimate of drug-likeness (QED) is 0.0696. The van der Waals surface area contributed by atoms with E-state index in [1.807, 2.05) is 0 Å². The van der Waals surface area contributed by atoms with Crippen molar-refractivity contribution in [2.24, 2.45) is 0 Å². The van der Waals surface area contributed by atoms with E-state index in [-0.39, 0.29) is 52.2 Å². The summed E-state index contributed by atoms with van der Waals surface area (Å²) in [5, 5.41) is 8.83. The molecule has 0 amide bonds. The lowest BCUT2D eigenvalue weighted by atomic mass is 10.0. The molecule has 0 aliphatic rings. The molecule has 0 aromatic heterocycles. The van der Waals surface area contributed by atoms with Crippen LogP contribution >= 0.6 is 0 Å². The Hall–Kier alpha value is -5.04. The zero-order valence-electron chi connectivity index (χ0n) is 23.3. The summed E-state index contributed by atoms with van der Waals surface area (Å²) in [6, 6.07) is 16.0. The van der Waals surface area contributed by atoms with E-state index >= 15 is 0 Å². The first-order chi connectivity index (χ1) is 21.1. The molecule has 0 saturated carbocycles. The smallest absolute Gasteiger partial charge is 0.311 e. The molecule has 0 bridgehead atoms. The molecule has 0 fully saturated rings. The predicted octanol–water partition coefficient (Wildman–Crippen LogP) is 8.83. The summed E-state index contributed by atoms with van der Waals surface area (Å²) in [5.41, 5.74) is 0.381. The third-order valence-corrected chi connectivity index (χ3v) is 6.74. The zero-order valence-corrected chi connectivity index (χ0v) is 23.3. The molecule has 0 unspecified atom stereocenters. The molecule has 226 valence electrons. The van der Waals surface area contributed by atoms with Gasteiger partial charge in [0, 0.05) is 36.1 Å². The number of unbranched alkanes of at least 4 members (excludes halogenated alkanes) is 4. The van der Waals surface area contributed by atoms with E-state index in [1.165, 1.54) is 42.5 Å². The van der Waals surface area contributed by atoms with E-state index in [0.29, 0.717) is 25.7 Å². The normalized spacial score (nSPS) is 10.7. The van der Waals surface area contributed by atoms with Crippen molar-refractivity contribution in [3.8, 4) is 39.8 Å². The van der Waals surface area contributed by atoms with E-state index in [9.17, 15) is 31.5 Å². The average Bonchev–Trinajstić information content (AvgIpc) is 2.98. The van der Waals surface area contributed by atoms with Crippen molar-refractivity contribution in [2.45, 2.75) is 44.9 Å². The molecule has 0 atom stereocenters. The lowest BCUT2D eigenvalue weighted by Gasteiger charge is -2.09. The Labute approximate surface area is 250 Å². The van der Waals surface area contributed by atoms with Gasteiger partial charge in [0.2, 0.25) is 0 Å². The Kier molecular flexibility index (Phi) is 10.8. The van der Waals surface area contributed by atoms with Gasteiger partial charge >= 0.3 is 11.9 Å². The maximum absolute atomic E-state index is 14.6. The lowest BCUT2D eigenvalue weighted by molar-refractivity contribution is -0.135. The van der Waals surface area contributed by atoms with Crippen molar-refractivity contribution in [2.75, 3.05) is 0 Å². The highest BCUT2D eigenvalue weighted by Crippen LogP contribution is 2.29. The molecule has 5 nitrogen and oxygen atoms in total. The fourth-order valence-corrected chi connectivity index (χ4v) is 4.46. The molecule has 0 heterocycles. The Morgan fingerprint density at radius 2 is 1.02 bits per heavy atom. The number of hydrogen-bond acceptors (Lipinski definition) is 5. The largest absolute Gasteiger partial charge is 0.426 e. The molecule has 0 N–H and O–H groups in total. The first-order valence-corrected chi connectivity index (χ1v) is 13.8. The van der Waals surface area contributed by atoms with Crippen LogP contribution in [0.4, 0.5) is 22.0 Å². The molecule has 4 rings (SSSR count). The Bertz CT molecular complexity index is 1720. The van der Waals surface area contributed by atoms with Crippen molar-refractivity contribution in [3.63, 3.8) is 0 Å². The predicted molar refractivity (Wildman–Crippen MR) is 152 cm³/mol. The van der Waals surface area contributed by atoms with Crippen molar-refractivity contribution in [1.82, 2.24) is 0 Å². The van der Waals surface area contributed by atoms with Crippen LogP contribution in [0, 0.1) is 40.4 Å². The van der Waals surface area contributed by atoms with Crippen molar-refractivity contribution < 1.29 is 41.0 Å². The van der Waals surface area contributed by atoms with Crippen molar-refractivity contribution in [3.05, 3.63) is 107 Å². The van der Waals surface area contributed by atoms with Gasteiger partial charge in [-0.2, -0.15) is 5.26 Å². The summed E-state index contributed by atoms with van der Waals surface area (Å²) in [7, 11) is 0. The second-order valence-corrected chi connectivity index (χ2v) is 9.93. The van der Waals surface area contributed by atoms with Crippen molar-refractivity contribution in [1.29, 1.82) is 5.26 Å². The summed E-state index contributed by atoms with van der Waals surface area (Å²) in [6.45, 7) is 0. The highest BCUT2D eigenvalue weighted by Gasteiger charge is 2.14. The van der Waals surface area contributed by atoms with Gasteiger partial charge in [0.25, 0.3) is 0 Å². The van der Waals surface area contributed by atoms with Gasteiger partial charge in [-0.1, -0.05) is 31.4 Å². The summed E-state index contributed by atoms with van der Waals surface area (Å²) >= 11 is 0. The van der Waals surface area contributed by atoms with Gasteiger partial charge in [0.05, 0.1) is 5.56 Å². The van der Waals surface area contributed by atoms with E-state index in [2.05, 4.69) is 0 Å². The van der Waals surface area contributed by atoms with Crippen LogP contribution in [0.5, 0.6) is 11.5 Å². The molecule has 4 aromatic rings. The van der Waals surface area contributed by atoms with E-state index < -0.39 is 41.0 Å². The van der Waals surface area contributed by atoms with Gasteiger partial charge < -0.3 is 9.47 Å². The molecule has 10 heteroatoms. The highest BCUT2D eigenvalue weighted by atomic mass is 19.2. The number of hydrogen-bond donors (Lipinski definition) is 0. The van der Waals surface area contributed by atoms with Gasteiger partial charge in [-0.05, 0) is 72.5 Å². The van der Waals surface area contributed by atoms with Crippen LogP contribution < -0.4 is 9.47 Å². The Morgan fingerprint density at radius 3 is 1.48 bits per heavy atom. The maximum Gasteiger partial charge on any atom is 0.311 e. The minimum Gasteiger partial charge on any atom is -0.426 e. The number of nitrogens with zero attached hydrogens (tertiary/aromatic N) is 1. The monoisotopic (exact) mass is 607 g/mol. The van der Waals surface area contributed by atoms with Crippen LogP contribution in [-0.4, -0.2) is 11.9 Å². The minimum atomic E-state index is -1.10. The second kappa shape index (κ2) is 14.9. The van der Waals surface area contributed by atoms with Crippen LogP contribution in [0.2, 0.25) is 0 Å². The first kappa shape index (κ1) is 31.9. The standard InChI is InChI=1S/C34H26F5NO4/c35-28-15-10-22(17-32(28)39)27-14-12-25(19-31(27)38)44-34(42)7-5-3-1-2-4-6-33(41)43-24-11-13-26(30(37)18-24)21-8-9-23(20-40)29(36)16-21/h8-19H,1-7H2. The third-order valence-electron chi connectivity index (χ3n) is 6.74. The van der Waals surface area contributed by atoms with Gasteiger partial charge in [0.15, 0.2) is 11.6 Å². The van der Waals surface area contributed by atoms with Crippen LogP contribution in [0.15, 0.2) is 72.8 Å². The Morgan fingerprint density at radius 1 is 0.545 bits per heavy atom. The van der Waals surface area contributed by atoms with Gasteiger partial charge in [-0.3, -0.25) is 9.59 Å². The molecule has 0 radical (unpaired) electrons. The van der Waals surface area contributed by atoms with Crippen molar-refractivity contribution >= 4 is 11.9 Å². The number of carbonyl (C=O) groups excluding carboxylic acids is 2. The molecule has 0 spiro atoms. The number of halogens is 5. The molecular formula is C34H26F5NO4. The number of carbonyl (C=O) groups is 2. The molecule has 0 saturated heterocycles. The van der Waals surface area contributed by atoms with E-state index in [1.54, 1.807) is 6.07 Å². The van der Waals surface area contributed by atoms with Crippen LogP contribution in [0.25, 0.3) is 22.3 Å². The molecule has 44 heavy (non-hydrogen) atoms. The topological polar surface area (TPSA) is 76.4 Å². The lowest BCUT2D eigenvalue weighted by Crippen LogP contribution is -2.08. The summed E-state index contributed by atoms with van der Waals surface area (Å²) in [5.74, 6) is -5.42. The number of esters is 2. The summed E-state index contributed by atoms with van der Waals surface area (Å²) in [4.78, 5) is 24.3. The zero-order chi connectivity index (χ0) is 31.6. The number of nitriles is 1. The maximum atomic E-state index is 14.6. The molecule has 4 aromatic carbocycles.